The van der Waals surface area contributed by atoms with Gasteiger partial charge in [0.1, 0.15) is 36.8 Å². The maximum absolute atomic E-state index is 14.1. The quantitative estimate of drug-likeness (QED) is 0.131. The Labute approximate surface area is 296 Å². The molecule has 15 heteroatoms. The molecule has 1 heterocycles. The van der Waals surface area contributed by atoms with Crippen LogP contribution in [0.3, 0.4) is 0 Å². The summed E-state index contributed by atoms with van der Waals surface area (Å²) in [4.78, 5) is 94.7. The van der Waals surface area contributed by atoms with Gasteiger partial charge in [0, 0.05) is 27.1 Å². The van der Waals surface area contributed by atoms with Crippen LogP contribution in [0.5, 0.6) is 0 Å². The van der Waals surface area contributed by atoms with Crippen LogP contribution < -0.4 is 32.3 Å². The zero-order valence-corrected chi connectivity index (χ0v) is 30.8. The zero-order chi connectivity index (χ0) is 37.4. The molecular formula is C35H61N7O8. The third-order valence-corrected chi connectivity index (χ3v) is 9.55. The van der Waals surface area contributed by atoms with Gasteiger partial charge in [-0.2, -0.15) is 0 Å². The van der Waals surface area contributed by atoms with Crippen molar-refractivity contribution in [1.29, 1.82) is 0 Å². The Morgan fingerprint density at radius 3 is 2.18 bits per heavy atom. The van der Waals surface area contributed by atoms with Gasteiger partial charge in [-0.25, -0.2) is 0 Å². The first-order valence-corrected chi connectivity index (χ1v) is 18.3. The molecule has 6 atom stereocenters. The van der Waals surface area contributed by atoms with E-state index in [1.54, 1.807) is 14.0 Å². The lowest BCUT2D eigenvalue weighted by Gasteiger charge is -2.36. The number of nitrogens with two attached hydrogens (primary N) is 1. The first kappa shape index (κ1) is 42.4. The van der Waals surface area contributed by atoms with Gasteiger partial charge in [-0.15, -0.1) is 0 Å². The second kappa shape index (κ2) is 21.5. The highest BCUT2D eigenvalue weighted by molar-refractivity contribution is 5.96. The standard InChI is InChI=1S/C35H61N7O8/c1-7-8-9-13-16-28-22(4)35(49)42(6)27(17-21(2)3)33(47)41-30(24-14-11-10-12-15-24)34(48)39-25(18-36)32(46)40-26(19-37-23(5)43)31(45)38-20-29(44)50-28/h21-22,24-28,30H,7-20,36H2,1-6H3,(H,37,43)(H,38,45)(H,39,48)(H,40,46)(H,41,47)/t22-,25+,26+,27+,28-,30+/m1/s1. The topological polar surface area (TPSA) is 218 Å². The van der Waals surface area contributed by atoms with Crippen molar-refractivity contribution in [2.75, 3.05) is 26.7 Å². The van der Waals surface area contributed by atoms with Crippen molar-refractivity contribution in [3.63, 3.8) is 0 Å². The number of hydrogen-bond acceptors (Lipinski definition) is 9. The van der Waals surface area contributed by atoms with Crippen molar-refractivity contribution in [3.05, 3.63) is 0 Å². The fourth-order valence-electron chi connectivity index (χ4n) is 6.53. The normalized spacial score (nSPS) is 27.2. The number of cyclic esters (lactones) is 1. The molecule has 6 amide bonds. The number of likely N-dealkylation sites (N-methyl/N-ethyl adjacent to an activating group) is 1. The van der Waals surface area contributed by atoms with Crippen molar-refractivity contribution in [2.45, 2.75) is 136 Å². The molecule has 1 aliphatic carbocycles. The van der Waals surface area contributed by atoms with Gasteiger partial charge in [0.2, 0.25) is 35.4 Å². The summed E-state index contributed by atoms with van der Waals surface area (Å²) < 4.78 is 5.79. The van der Waals surface area contributed by atoms with Gasteiger partial charge in [0.05, 0.1) is 5.92 Å². The van der Waals surface area contributed by atoms with Gasteiger partial charge < -0.3 is 42.0 Å². The van der Waals surface area contributed by atoms with Crippen molar-refractivity contribution in [2.24, 2.45) is 23.5 Å². The van der Waals surface area contributed by atoms with Crippen LogP contribution in [0.25, 0.3) is 0 Å². The van der Waals surface area contributed by atoms with Gasteiger partial charge in [0.15, 0.2) is 0 Å². The highest BCUT2D eigenvalue weighted by Crippen LogP contribution is 2.28. The molecule has 0 bridgehead atoms. The number of nitrogens with zero attached hydrogens (tertiary/aromatic N) is 1. The van der Waals surface area contributed by atoms with Gasteiger partial charge in [0.25, 0.3) is 0 Å². The van der Waals surface area contributed by atoms with Crippen LogP contribution in [-0.4, -0.2) is 103 Å². The van der Waals surface area contributed by atoms with E-state index >= 15 is 0 Å². The molecule has 0 unspecified atom stereocenters. The van der Waals surface area contributed by atoms with Crippen molar-refractivity contribution >= 4 is 41.4 Å². The van der Waals surface area contributed by atoms with E-state index in [9.17, 15) is 33.6 Å². The highest BCUT2D eigenvalue weighted by atomic mass is 16.5. The average Bonchev–Trinajstić information content (AvgIpc) is 3.08. The zero-order valence-electron chi connectivity index (χ0n) is 30.8. The maximum atomic E-state index is 14.1. The summed E-state index contributed by atoms with van der Waals surface area (Å²) in [6, 6.07) is -4.54. The molecule has 2 rings (SSSR count). The van der Waals surface area contributed by atoms with Gasteiger partial charge >= 0.3 is 5.97 Å². The molecule has 284 valence electrons. The summed E-state index contributed by atoms with van der Waals surface area (Å²) >= 11 is 0. The summed E-state index contributed by atoms with van der Waals surface area (Å²) in [7, 11) is 1.55. The van der Waals surface area contributed by atoms with Crippen molar-refractivity contribution in [3.8, 4) is 0 Å². The molecule has 0 aromatic carbocycles. The summed E-state index contributed by atoms with van der Waals surface area (Å²) in [6.45, 7) is 7.66. The van der Waals surface area contributed by atoms with Gasteiger partial charge in [-0.3, -0.25) is 33.6 Å². The van der Waals surface area contributed by atoms with Crippen LogP contribution in [0, 0.1) is 17.8 Å². The highest BCUT2D eigenvalue weighted by Gasteiger charge is 2.39. The molecule has 1 saturated heterocycles. The predicted octanol–water partition coefficient (Wildman–Crippen LogP) is 0.637. The largest absolute Gasteiger partial charge is 0.460 e. The summed E-state index contributed by atoms with van der Waals surface area (Å²) in [5, 5.41) is 13.0. The molecule has 0 radical (unpaired) electrons. The molecule has 7 N–H and O–H groups in total. The Balaban J connectivity index is 2.57. The third kappa shape index (κ3) is 13.5. The number of rotatable bonds is 11. The minimum Gasteiger partial charge on any atom is -0.460 e. The lowest BCUT2D eigenvalue weighted by molar-refractivity contribution is -0.157. The van der Waals surface area contributed by atoms with E-state index in [0.29, 0.717) is 32.1 Å². The minimum absolute atomic E-state index is 0.0157. The van der Waals surface area contributed by atoms with E-state index in [4.69, 9.17) is 10.5 Å². The van der Waals surface area contributed by atoms with Crippen molar-refractivity contribution < 1.29 is 38.3 Å². The minimum atomic E-state index is -1.32. The molecule has 15 nitrogen and oxygen atoms in total. The van der Waals surface area contributed by atoms with Gasteiger partial charge in [-0.1, -0.05) is 66.2 Å². The predicted molar refractivity (Wildman–Crippen MR) is 187 cm³/mol. The molecule has 2 fully saturated rings. The lowest BCUT2D eigenvalue weighted by atomic mass is 9.83. The molecule has 1 aliphatic heterocycles. The van der Waals surface area contributed by atoms with Crippen LogP contribution in [0.4, 0.5) is 0 Å². The maximum Gasteiger partial charge on any atom is 0.325 e. The molecule has 0 aromatic heterocycles. The number of esters is 1. The molecule has 2 aliphatic rings. The number of hydrogen-bond donors (Lipinski definition) is 6. The monoisotopic (exact) mass is 707 g/mol. The molecule has 50 heavy (non-hydrogen) atoms. The summed E-state index contributed by atoms with van der Waals surface area (Å²) in [5.41, 5.74) is 5.91. The Kier molecular flexibility index (Phi) is 18.2. The van der Waals surface area contributed by atoms with Crippen LogP contribution in [0.1, 0.15) is 105 Å². The van der Waals surface area contributed by atoms with E-state index in [1.165, 1.54) is 11.8 Å². The van der Waals surface area contributed by atoms with E-state index < -0.39 is 84.1 Å². The second-order valence-corrected chi connectivity index (χ2v) is 14.2. The number of unbranched alkanes of at least 4 members (excludes halogenated alkanes) is 3. The number of nitrogens with one attached hydrogen (secondary N) is 5. The van der Waals surface area contributed by atoms with Crippen molar-refractivity contribution in [1.82, 2.24) is 31.5 Å². The first-order valence-electron chi connectivity index (χ1n) is 18.3. The number of amides is 6. The van der Waals surface area contributed by atoms with E-state index in [-0.39, 0.29) is 24.9 Å². The van der Waals surface area contributed by atoms with E-state index in [1.807, 2.05) is 13.8 Å². The van der Waals surface area contributed by atoms with Crippen LogP contribution in [0.15, 0.2) is 0 Å². The number of carbonyl (C=O) groups excluding carboxylic acids is 7. The molecule has 1 saturated carbocycles. The molecule has 0 spiro atoms. The van der Waals surface area contributed by atoms with E-state index in [2.05, 4.69) is 33.5 Å². The Hall–Kier alpha value is -3.75. The van der Waals surface area contributed by atoms with Crippen LogP contribution >= 0.6 is 0 Å². The summed E-state index contributed by atoms with van der Waals surface area (Å²) in [5.74, 6) is -5.33. The van der Waals surface area contributed by atoms with Crippen LogP contribution in [-0.2, 0) is 38.3 Å². The SMILES string of the molecule is CCCCCC[C@H]1OC(=O)CNC(=O)[C@H](CNC(C)=O)NC(=O)[C@H](CN)NC(=O)[C@H](C2CCCCC2)NC(=O)[C@H](CC(C)C)N(C)C(=O)[C@@H]1C. The Bertz CT molecular complexity index is 1180. The summed E-state index contributed by atoms with van der Waals surface area (Å²) in [6.07, 6.45) is 7.50. The molecular weight excluding hydrogens is 646 g/mol. The third-order valence-electron chi connectivity index (χ3n) is 9.55. The first-order chi connectivity index (χ1) is 23.7. The Morgan fingerprint density at radius 2 is 1.58 bits per heavy atom. The van der Waals surface area contributed by atoms with Crippen LogP contribution in [0.2, 0.25) is 0 Å². The number of ether oxygens (including phenoxy) is 1. The fraction of sp³-hybridized carbons (Fsp3) is 0.800. The molecule has 0 aromatic rings. The fourth-order valence-corrected chi connectivity index (χ4v) is 6.53. The average molecular weight is 708 g/mol. The van der Waals surface area contributed by atoms with E-state index in [0.717, 1.165) is 38.5 Å². The smallest absolute Gasteiger partial charge is 0.325 e. The van der Waals surface area contributed by atoms with Gasteiger partial charge in [-0.05, 0) is 43.9 Å². The lowest BCUT2D eigenvalue weighted by Crippen LogP contribution is -2.62. The Morgan fingerprint density at radius 1 is 0.920 bits per heavy atom. The second-order valence-electron chi connectivity index (χ2n) is 14.2. The number of carbonyl (C=O) groups is 7.